The Morgan fingerprint density at radius 1 is 0.377 bits per heavy atom. The maximum Gasteiger partial charge on any atom is 0.309 e. The summed E-state index contributed by atoms with van der Waals surface area (Å²) in [6.45, 7) is 1.21. The van der Waals surface area contributed by atoms with Crippen LogP contribution in [-0.2, 0) is 19.1 Å². The lowest BCUT2D eigenvalue weighted by molar-refractivity contribution is -0.155. The topological polar surface area (TPSA) is 93.1 Å². The van der Waals surface area contributed by atoms with Gasteiger partial charge in [0.25, 0.3) is 0 Å². The van der Waals surface area contributed by atoms with Gasteiger partial charge in [0, 0.05) is 0 Å². The Morgan fingerprint density at radius 3 is 0.899 bits per heavy atom. The third-order valence-corrected chi connectivity index (χ3v) is 15.5. The summed E-state index contributed by atoms with van der Waals surface area (Å²) in [5, 5.41) is 19.2. The van der Waals surface area contributed by atoms with Gasteiger partial charge in [-0.25, -0.2) is 0 Å². The van der Waals surface area contributed by atoms with Crippen LogP contribution in [0.15, 0.2) is 12.2 Å². The highest BCUT2D eigenvalue weighted by atomic mass is 16.6. The molecule has 408 valence electrons. The molecule has 1 atom stereocenters. The quantitative estimate of drug-likeness (QED) is 0.0358. The third kappa shape index (κ3) is 45.0. The molecule has 6 heteroatoms. The van der Waals surface area contributed by atoms with Gasteiger partial charge in [0.05, 0.1) is 31.0 Å². The van der Waals surface area contributed by atoms with Crippen molar-refractivity contribution >= 4 is 11.9 Å². The van der Waals surface area contributed by atoms with Crippen LogP contribution >= 0.6 is 0 Å². The number of ether oxygens (including phenoxy) is 2. The van der Waals surface area contributed by atoms with E-state index in [0.717, 1.165) is 19.3 Å². The minimum Gasteiger partial charge on any atom is -0.465 e. The van der Waals surface area contributed by atoms with Crippen molar-refractivity contribution < 1.29 is 29.3 Å². The molecule has 1 aliphatic heterocycles. The van der Waals surface area contributed by atoms with Crippen LogP contribution in [0.2, 0.25) is 0 Å². The largest absolute Gasteiger partial charge is 0.465 e. The zero-order chi connectivity index (χ0) is 49.7. The molecule has 0 aliphatic carbocycles. The summed E-state index contributed by atoms with van der Waals surface area (Å²) in [6, 6.07) is 0. The fraction of sp³-hybridized carbons (Fsp3) is 0.937. The number of carbonyl (C=O) groups excluding carboxylic acids is 2. The smallest absolute Gasteiger partial charge is 0.309 e. The number of cyclic esters (lactones) is 2. The van der Waals surface area contributed by atoms with Crippen LogP contribution in [0.4, 0.5) is 0 Å². The normalized spacial score (nSPS) is 15.4. The average Bonchev–Trinajstić information content (AvgIpc) is 3.41. The van der Waals surface area contributed by atoms with Gasteiger partial charge in [-0.1, -0.05) is 314 Å². The Morgan fingerprint density at radius 2 is 0.623 bits per heavy atom. The second-order valence-electron chi connectivity index (χ2n) is 22.4. The summed E-state index contributed by atoms with van der Waals surface area (Å²) >= 11 is 0. The molecule has 1 saturated heterocycles. The molecule has 1 unspecified atom stereocenters. The molecule has 0 spiro atoms. The number of allylic oxidation sites excluding steroid dienone is 2. The van der Waals surface area contributed by atoms with E-state index in [-0.39, 0.29) is 19.6 Å². The first-order chi connectivity index (χ1) is 34.1. The first-order valence-corrected chi connectivity index (χ1v) is 31.3. The summed E-state index contributed by atoms with van der Waals surface area (Å²) in [4.78, 5) is 24.7. The predicted octanol–water partition coefficient (Wildman–Crippen LogP) is 19.5. The lowest BCUT2D eigenvalue weighted by Crippen LogP contribution is -2.40. The Kier molecular flexibility index (Phi) is 50.3. The van der Waals surface area contributed by atoms with Gasteiger partial charge in [0.1, 0.15) is 13.2 Å². The molecule has 0 radical (unpaired) electrons. The molecule has 1 rings (SSSR count). The molecular formula is C63H120O6. The van der Waals surface area contributed by atoms with Gasteiger partial charge in [-0.05, 0) is 32.1 Å². The zero-order valence-corrected chi connectivity index (χ0v) is 46.4. The van der Waals surface area contributed by atoms with E-state index in [1.165, 1.54) is 302 Å². The van der Waals surface area contributed by atoms with E-state index >= 15 is 0 Å². The molecule has 0 aromatic heterocycles. The molecule has 0 amide bonds. The van der Waals surface area contributed by atoms with Crippen LogP contribution in [-0.4, -0.2) is 48.6 Å². The van der Waals surface area contributed by atoms with Gasteiger partial charge in [0.2, 0.25) is 0 Å². The zero-order valence-electron chi connectivity index (χ0n) is 46.4. The van der Waals surface area contributed by atoms with E-state index in [1.54, 1.807) is 0 Å². The van der Waals surface area contributed by atoms with E-state index in [0.29, 0.717) is 6.42 Å². The van der Waals surface area contributed by atoms with Crippen molar-refractivity contribution in [2.24, 2.45) is 11.3 Å². The van der Waals surface area contributed by atoms with E-state index in [2.05, 4.69) is 19.1 Å². The highest BCUT2D eigenvalue weighted by Crippen LogP contribution is 2.25. The molecule has 0 aromatic carbocycles. The van der Waals surface area contributed by atoms with Crippen LogP contribution in [0.25, 0.3) is 0 Å². The summed E-state index contributed by atoms with van der Waals surface area (Å²) in [7, 11) is 0. The molecule has 0 saturated carbocycles. The number of hydrogen-bond acceptors (Lipinski definition) is 6. The van der Waals surface area contributed by atoms with E-state index in [1.807, 2.05) is 0 Å². The number of unbranched alkanes of at least 4 members (excludes halogenated alkanes) is 48. The van der Waals surface area contributed by atoms with Crippen LogP contribution in [0, 0.1) is 11.3 Å². The molecular weight excluding hydrogens is 853 g/mol. The van der Waals surface area contributed by atoms with Gasteiger partial charge in [-0.3, -0.25) is 9.59 Å². The minimum absolute atomic E-state index is 0.00462. The second-order valence-corrected chi connectivity index (χ2v) is 22.4. The van der Waals surface area contributed by atoms with Gasteiger partial charge in [0.15, 0.2) is 0 Å². The van der Waals surface area contributed by atoms with Crippen LogP contribution < -0.4 is 0 Å². The second kappa shape index (κ2) is 52.9. The SMILES string of the molecule is CCCCCCCCCCCCCCCCCCCCCCC/C=C/CCCCCCCCCCCCCCCCCCCCCCCCCCCCCC1CC(=O)OCC(CO)(CO)COC1=O. The number of carbonyl (C=O) groups is 2. The lowest BCUT2D eigenvalue weighted by Gasteiger charge is -2.27. The number of esters is 2. The van der Waals surface area contributed by atoms with Crippen molar-refractivity contribution in [1.29, 1.82) is 0 Å². The molecule has 0 aromatic rings. The minimum atomic E-state index is -1.12. The number of hydrogen-bond donors (Lipinski definition) is 2. The Labute approximate surface area is 430 Å². The summed E-state index contributed by atoms with van der Waals surface area (Å²) in [5.41, 5.74) is -1.12. The van der Waals surface area contributed by atoms with E-state index in [4.69, 9.17) is 9.47 Å². The summed E-state index contributed by atoms with van der Waals surface area (Å²) < 4.78 is 10.6. The lowest BCUT2D eigenvalue weighted by atomic mass is 9.92. The monoisotopic (exact) mass is 973 g/mol. The molecule has 6 nitrogen and oxygen atoms in total. The first kappa shape index (κ1) is 65.6. The molecule has 0 bridgehead atoms. The fourth-order valence-corrected chi connectivity index (χ4v) is 10.4. The fourth-order valence-electron chi connectivity index (χ4n) is 10.4. The molecule has 1 aliphatic rings. The van der Waals surface area contributed by atoms with Gasteiger partial charge < -0.3 is 19.7 Å². The van der Waals surface area contributed by atoms with Crippen LogP contribution in [0.1, 0.15) is 341 Å². The Bertz CT molecular complexity index is 1090. The van der Waals surface area contributed by atoms with Gasteiger partial charge in [-0.2, -0.15) is 0 Å². The van der Waals surface area contributed by atoms with Gasteiger partial charge >= 0.3 is 11.9 Å². The first-order valence-electron chi connectivity index (χ1n) is 31.3. The van der Waals surface area contributed by atoms with Crippen molar-refractivity contribution in [3.8, 4) is 0 Å². The van der Waals surface area contributed by atoms with Crippen molar-refractivity contribution in [1.82, 2.24) is 0 Å². The molecule has 2 N–H and O–H groups in total. The Balaban J connectivity index is 1.69. The number of rotatable bonds is 54. The van der Waals surface area contributed by atoms with Crippen LogP contribution in [0.5, 0.6) is 0 Å². The average molecular weight is 974 g/mol. The van der Waals surface area contributed by atoms with Crippen molar-refractivity contribution in [3.63, 3.8) is 0 Å². The maximum absolute atomic E-state index is 12.5. The highest BCUT2D eigenvalue weighted by Gasteiger charge is 2.36. The van der Waals surface area contributed by atoms with Crippen LogP contribution in [0.3, 0.4) is 0 Å². The van der Waals surface area contributed by atoms with Crippen molar-refractivity contribution in [3.05, 3.63) is 12.2 Å². The maximum atomic E-state index is 12.5. The van der Waals surface area contributed by atoms with E-state index < -0.39 is 36.5 Å². The molecule has 69 heavy (non-hydrogen) atoms. The summed E-state index contributed by atoms with van der Waals surface area (Å²) in [5.74, 6) is -1.40. The highest BCUT2D eigenvalue weighted by molar-refractivity contribution is 5.80. The molecule has 1 heterocycles. The number of aliphatic hydroxyl groups excluding tert-OH is 2. The standard InChI is InChI=1S/C63H120O6/c1-2-3-4-5-6-7-8-9-10-11-12-13-14-15-16-17-18-19-20-21-22-23-24-25-26-27-28-29-30-31-32-33-34-35-36-37-38-39-40-41-42-43-44-45-46-47-48-49-50-51-52-53-54-60-55-61(66)68-58-63(56-64,57-65)59-69-62(60)67/h24-25,60,64-65H,2-23,26-59H2,1H3/b25-24+. The third-order valence-electron chi connectivity index (χ3n) is 15.5. The summed E-state index contributed by atoms with van der Waals surface area (Å²) in [6.07, 6.45) is 75.7. The molecule has 1 fully saturated rings. The van der Waals surface area contributed by atoms with Crippen molar-refractivity contribution in [2.45, 2.75) is 341 Å². The van der Waals surface area contributed by atoms with Gasteiger partial charge in [-0.15, -0.1) is 0 Å². The Hall–Kier alpha value is -1.40. The number of aliphatic hydroxyl groups is 2. The van der Waals surface area contributed by atoms with Crippen molar-refractivity contribution in [2.75, 3.05) is 26.4 Å². The predicted molar refractivity (Wildman–Crippen MR) is 297 cm³/mol. The van der Waals surface area contributed by atoms with E-state index in [9.17, 15) is 19.8 Å².